The number of amides is 2. The zero-order valence-electron chi connectivity index (χ0n) is 15.2. The molecule has 1 atom stereocenters. The summed E-state index contributed by atoms with van der Waals surface area (Å²) in [5, 5.41) is 3.00. The normalized spacial score (nSPS) is 21.8. The van der Waals surface area contributed by atoms with Gasteiger partial charge in [-0.25, -0.2) is 0 Å². The van der Waals surface area contributed by atoms with Crippen molar-refractivity contribution in [3.05, 3.63) is 58.8 Å². The van der Waals surface area contributed by atoms with Crippen LogP contribution in [0, 0.1) is 0 Å². The number of likely N-dealkylation sites (N-methyl/N-ethyl adjacent to an activating group) is 1. The maximum absolute atomic E-state index is 12.4. The highest BCUT2D eigenvalue weighted by atomic mass is 16.2. The van der Waals surface area contributed by atoms with Crippen LogP contribution in [0.25, 0.3) is 0 Å². The van der Waals surface area contributed by atoms with E-state index in [4.69, 9.17) is 0 Å². The lowest BCUT2D eigenvalue weighted by molar-refractivity contribution is -0.133. The molecule has 0 aromatic heterocycles. The third-order valence-corrected chi connectivity index (χ3v) is 5.73. The summed E-state index contributed by atoms with van der Waals surface area (Å²) in [4.78, 5) is 27.9. The summed E-state index contributed by atoms with van der Waals surface area (Å²) in [6.45, 7) is 2.61. The van der Waals surface area contributed by atoms with E-state index in [-0.39, 0.29) is 17.9 Å². The highest BCUT2D eigenvalue weighted by Crippen LogP contribution is 2.22. The van der Waals surface area contributed by atoms with Crippen LogP contribution >= 0.6 is 0 Å². The third-order valence-electron chi connectivity index (χ3n) is 5.73. The van der Waals surface area contributed by atoms with Crippen LogP contribution in [-0.2, 0) is 29.0 Å². The molecule has 136 valence electrons. The van der Waals surface area contributed by atoms with Gasteiger partial charge in [-0.3, -0.25) is 9.59 Å². The lowest BCUT2D eigenvalue weighted by Gasteiger charge is -2.26. The van der Waals surface area contributed by atoms with E-state index < -0.39 is 0 Å². The van der Waals surface area contributed by atoms with Gasteiger partial charge < -0.3 is 15.1 Å². The third kappa shape index (κ3) is 3.26. The summed E-state index contributed by atoms with van der Waals surface area (Å²) in [5.74, 6) is -0.000617. The van der Waals surface area contributed by atoms with Crippen LogP contribution in [-0.4, -0.2) is 47.8 Å². The summed E-state index contributed by atoms with van der Waals surface area (Å²) in [6.07, 6.45) is 9.60. The van der Waals surface area contributed by atoms with Crippen LogP contribution in [0.5, 0.6) is 0 Å². The summed E-state index contributed by atoms with van der Waals surface area (Å²) < 4.78 is 0. The molecular formula is C21H25N3O2. The number of fused-ring (bicyclic) bond motifs is 1. The van der Waals surface area contributed by atoms with Gasteiger partial charge in [-0.15, -0.1) is 0 Å². The number of nitrogens with one attached hydrogen (secondary N) is 1. The van der Waals surface area contributed by atoms with Crippen LogP contribution in [0.3, 0.4) is 0 Å². The molecule has 2 aliphatic heterocycles. The van der Waals surface area contributed by atoms with E-state index in [1.54, 1.807) is 11.9 Å². The number of carbonyl (C=O) groups excluding carboxylic acids is 2. The molecule has 1 saturated heterocycles. The van der Waals surface area contributed by atoms with Gasteiger partial charge >= 0.3 is 0 Å². The van der Waals surface area contributed by atoms with Crippen molar-refractivity contribution in [2.75, 3.05) is 20.1 Å². The fourth-order valence-corrected chi connectivity index (χ4v) is 3.96. The summed E-state index contributed by atoms with van der Waals surface area (Å²) >= 11 is 0. The Kier molecular flexibility index (Phi) is 4.53. The van der Waals surface area contributed by atoms with Crippen LogP contribution in [0.15, 0.2) is 42.1 Å². The zero-order chi connectivity index (χ0) is 18.1. The van der Waals surface area contributed by atoms with Crippen molar-refractivity contribution in [1.82, 2.24) is 15.1 Å². The van der Waals surface area contributed by atoms with Crippen molar-refractivity contribution < 1.29 is 9.59 Å². The first-order valence-corrected chi connectivity index (χ1v) is 9.39. The lowest BCUT2D eigenvalue weighted by atomic mass is 10.00. The van der Waals surface area contributed by atoms with Gasteiger partial charge in [-0.2, -0.15) is 0 Å². The maximum atomic E-state index is 12.4. The van der Waals surface area contributed by atoms with Crippen molar-refractivity contribution in [3.8, 4) is 0 Å². The predicted molar refractivity (Wildman–Crippen MR) is 100 cm³/mol. The molecule has 26 heavy (non-hydrogen) atoms. The molecule has 0 saturated carbocycles. The van der Waals surface area contributed by atoms with Gasteiger partial charge in [0.2, 0.25) is 11.8 Å². The Morgan fingerprint density at radius 3 is 2.62 bits per heavy atom. The predicted octanol–water partition coefficient (Wildman–Crippen LogP) is 1.78. The fourth-order valence-electron chi connectivity index (χ4n) is 3.96. The van der Waals surface area contributed by atoms with Gasteiger partial charge in [0, 0.05) is 38.8 Å². The molecule has 1 aromatic carbocycles. The molecule has 1 aromatic rings. The Labute approximate surface area is 154 Å². The van der Waals surface area contributed by atoms with Crippen molar-refractivity contribution in [1.29, 1.82) is 0 Å². The van der Waals surface area contributed by atoms with Crippen molar-refractivity contribution in [3.63, 3.8) is 0 Å². The van der Waals surface area contributed by atoms with Gasteiger partial charge in [0.1, 0.15) is 6.04 Å². The van der Waals surface area contributed by atoms with Gasteiger partial charge in [-0.1, -0.05) is 24.3 Å². The first kappa shape index (κ1) is 16.9. The summed E-state index contributed by atoms with van der Waals surface area (Å²) in [5.41, 5.74) is 5.25. The van der Waals surface area contributed by atoms with Gasteiger partial charge in [0.15, 0.2) is 0 Å². The maximum Gasteiger partial charge on any atom is 0.243 e. The minimum atomic E-state index is -0.319. The Morgan fingerprint density at radius 1 is 1.19 bits per heavy atom. The van der Waals surface area contributed by atoms with E-state index >= 15 is 0 Å². The number of rotatable bonds is 4. The first-order valence-electron chi connectivity index (χ1n) is 9.39. The minimum Gasteiger partial charge on any atom is -0.371 e. The first-order chi connectivity index (χ1) is 12.6. The Balaban J connectivity index is 1.36. The molecule has 0 radical (unpaired) electrons. The van der Waals surface area contributed by atoms with Crippen molar-refractivity contribution in [2.24, 2.45) is 0 Å². The molecule has 2 amide bonds. The van der Waals surface area contributed by atoms with E-state index in [2.05, 4.69) is 46.6 Å². The Hall–Kier alpha value is -2.56. The monoisotopic (exact) mass is 351 g/mol. The van der Waals surface area contributed by atoms with Crippen LogP contribution in [0.2, 0.25) is 0 Å². The van der Waals surface area contributed by atoms with Crippen molar-refractivity contribution >= 4 is 11.8 Å². The molecule has 0 spiro atoms. The van der Waals surface area contributed by atoms with E-state index in [1.165, 1.54) is 16.8 Å². The average Bonchev–Trinajstić information content (AvgIpc) is 2.80. The van der Waals surface area contributed by atoms with Gasteiger partial charge in [0.25, 0.3) is 0 Å². The molecule has 1 fully saturated rings. The standard InChI is InChI=1S/C21H25N3O2/c1-23-19(7-8-20(23)25)21(26)22-14-15-5-6-16-9-11-24(18-3-2-4-18)12-10-17(16)13-15/h2-6,13,19H,7-12,14H2,1H3,(H,22,26). The van der Waals surface area contributed by atoms with E-state index in [9.17, 15) is 9.59 Å². The minimum absolute atomic E-state index is 0.0520. The molecule has 5 nitrogen and oxygen atoms in total. The molecule has 5 heteroatoms. The fraction of sp³-hybridized carbons (Fsp3) is 0.429. The number of allylic oxidation sites excluding steroid dienone is 3. The van der Waals surface area contributed by atoms with E-state index in [0.29, 0.717) is 19.4 Å². The molecule has 0 bridgehead atoms. The largest absolute Gasteiger partial charge is 0.371 e. The number of nitrogens with zero attached hydrogens (tertiary/aromatic N) is 2. The van der Waals surface area contributed by atoms with Crippen LogP contribution in [0.4, 0.5) is 0 Å². The Morgan fingerprint density at radius 2 is 1.96 bits per heavy atom. The van der Waals surface area contributed by atoms with Gasteiger partial charge in [0.05, 0.1) is 0 Å². The lowest BCUT2D eigenvalue weighted by Crippen LogP contribution is -2.42. The quantitative estimate of drug-likeness (QED) is 0.900. The average molecular weight is 351 g/mol. The number of likely N-dealkylation sites (tertiary alicyclic amines) is 1. The second-order valence-corrected chi connectivity index (χ2v) is 7.32. The molecular weight excluding hydrogens is 326 g/mol. The van der Waals surface area contributed by atoms with Crippen LogP contribution < -0.4 is 5.32 Å². The van der Waals surface area contributed by atoms with Crippen molar-refractivity contribution in [2.45, 2.75) is 38.3 Å². The number of hydrogen-bond acceptors (Lipinski definition) is 3. The molecule has 1 unspecified atom stereocenters. The highest BCUT2D eigenvalue weighted by Gasteiger charge is 2.32. The highest BCUT2D eigenvalue weighted by molar-refractivity contribution is 5.90. The molecule has 2 heterocycles. The number of hydrogen-bond donors (Lipinski definition) is 1. The second-order valence-electron chi connectivity index (χ2n) is 7.32. The number of benzene rings is 1. The summed E-state index contributed by atoms with van der Waals surface area (Å²) in [7, 11) is 1.71. The molecule has 4 rings (SSSR count). The summed E-state index contributed by atoms with van der Waals surface area (Å²) in [6, 6.07) is 6.23. The van der Waals surface area contributed by atoms with E-state index in [0.717, 1.165) is 31.5 Å². The Bertz CT molecular complexity index is 796. The van der Waals surface area contributed by atoms with E-state index in [1.807, 2.05) is 0 Å². The second kappa shape index (κ2) is 6.98. The zero-order valence-corrected chi connectivity index (χ0v) is 15.2. The smallest absolute Gasteiger partial charge is 0.243 e. The van der Waals surface area contributed by atoms with Crippen LogP contribution in [0.1, 0.15) is 29.5 Å². The molecule has 3 aliphatic rings. The molecule has 1 N–H and O–H groups in total. The SMILES string of the molecule is CN1C(=O)CCC1C(=O)NCc1ccc2c(c1)CCN(C1=CC=C1)CC2. The topological polar surface area (TPSA) is 52.7 Å². The van der Waals surface area contributed by atoms with Gasteiger partial charge in [-0.05, 0) is 48.1 Å². The number of carbonyl (C=O) groups is 2. The molecule has 1 aliphatic carbocycles.